The zero-order valence-corrected chi connectivity index (χ0v) is 13.4. The van der Waals surface area contributed by atoms with Gasteiger partial charge in [-0.25, -0.2) is 9.97 Å². The Morgan fingerprint density at radius 3 is 2.19 bits per heavy atom. The Hall–Kier alpha value is -2.10. The van der Waals surface area contributed by atoms with Gasteiger partial charge in [0.2, 0.25) is 0 Å². The Bertz CT molecular complexity index is 642. The molecule has 0 aliphatic rings. The summed E-state index contributed by atoms with van der Waals surface area (Å²) in [7, 11) is 0. The third-order valence-corrected chi connectivity index (χ3v) is 3.68. The number of aromatic nitrogens is 2. The molecule has 2 rings (SSSR count). The number of aromatic hydroxyl groups is 1. The SMILES string of the molecule is CCNc1nc(-c2cc(C)c(O)c(C)c2)nc(CC)c1C. The fourth-order valence-electron chi connectivity index (χ4n) is 2.46. The molecule has 1 aromatic carbocycles. The smallest absolute Gasteiger partial charge is 0.161 e. The molecule has 21 heavy (non-hydrogen) atoms. The van der Waals surface area contributed by atoms with E-state index in [1.54, 1.807) is 0 Å². The summed E-state index contributed by atoms with van der Waals surface area (Å²) < 4.78 is 0. The maximum atomic E-state index is 9.91. The number of hydrogen-bond donors (Lipinski definition) is 2. The number of phenols is 1. The van der Waals surface area contributed by atoms with Crippen LogP contribution in [0.2, 0.25) is 0 Å². The summed E-state index contributed by atoms with van der Waals surface area (Å²) in [5.74, 6) is 1.94. The van der Waals surface area contributed by atoms with E-state index in [0.717, 1.165) is 46.7 Å². The summed E-state index contributed by atoms with van der Waals surface area (Å²) >= 11 is 0. The fraction of sp³-hybridized carbons (Fsp3) is 0.412. The van der Waals surface area contributed by atoms with Crippen molar-refractivity contribution in [2.75, 3.05) is 11.9 Å². The van der Waals surface area contributed by atoms with Gasteiger partial charge in [0.25, 0.3) is 0 Å². The second-order valence-electron chi connectivity index (χ2n) is 5.31. The zero-order chi connectivity index (χ0) is 15.6. The lowest BCUT2D eigenvalue weighted by Crippen LogP contribution is -2.07. The van der Waals surface area contributed by atoms with Gasteiger partial charge in [0.1, 0.15) is 11.6 Å². The number of phenolic OH excluding ortho intramolecular Hbond substituents is 1. The minimum Gasteiger partial charge on any atom is -0.507 e. The van der Waals surface area contributed by atoms with Gasteiger partial charge < -0.3 is 10.4 Å². The van der Waals surface area contributed by atoms with Gasteiger partial charge in [0.15, 0.2) is 5.82 Å². The largest absolute Gasteiger partial charge is 0.507 e. The quantitative estimate of drug-likeness (QED) is 0.897. The van der Waals surface area contributed by atoms with Gasteiger partial charge in [-0.3, -0.25) is 0 Å². The van der Waals surface area contributed by atoms with Crippen molar-refractivity contribution < 1.29 is 5.11 Å². The second-order valence-corrected chi connectivity index (χ2v) is 5.31. The van der Waals surface area contributed by atoms with E-state index in [1.165, 1.54) is 0 Å². The third-order valence-electron chi connectivity index (χ3n) is 3.68. The van der Waals surface area contributed by atoms with Crippen LogP contribution in [-0.4, -0.2) is 21.6 Å². The first-order valence-electron chi connectivity index (χ1n) is 7.39. The molecule has 0 unspecified atom stereocenters. The van der Waals surface area contributed by atoms with Crippen LogP contribution < -0.4 is 5.32 Å². The highest BCUT2D eigenvalue weighted by molar-refractivity contribution is 5.63. The van der Waals surface area contributed by atoms with E-state index in [-0.39, 0.29) is 0 Å². The molecule has 4 nitrogen and oxygen atoms in total. The molecular formula is C17H23N3O. The zero-order valence-electron chi connectivity index (χ0n) is 13.4. The molecule has 1 heterocycles. The minimum atomic E-state index is 0.341. The molecule has 112 valence electrons. The molecule has 0 saturated carbocycles. The molecule has 1 aromatic heterocycles. The van der Waals surface area contributed by atoms with Gasteiger partial charge in [-0.05, 0) is 57.4 Å². The molecule has 0 atom stereocenters. The van der Waals surface area contributed by atoms with Crippen molar-refractivity contribution in [1.82, 2.24) is 9.97 Å². The highest BCUT2D eigenvalue weighted by Crippen LogP contribution is 2.29. The first kappa shape index (κ1) is 15.3. The standard InChI is InChI=1S/C17H23N3O/c1-6-14-12(5)16(18-7-2)20-17(19-14)13-8-10(3)15(21)11(4)9-13/h8-9,21H,6-7H2,1-5H3,(H,18,19,20). The molecule has 0 aliphatic heterocycles. The lowest BCUT2D eigenvalue weighted by atomic mass is 10.0. The molecule has 0 radical (unpaired) electrons. The number of hydrogen-bond acceptors (Lipinski definition) is 4. The Balaban J connectivity index is 2.60. The van der Waals surface area contributed by atoms with E-state index < -0.39 is 0 Å². The molecular weight excluding hydrogens is 262 g/mol. The predicted octanol–water partition coefficient (Wildman–Crippen LogP) is 3.77. The Morgan fingerprint density at radius 2 is 1.67 bits per heavy atom. The monoisotopic (exact) mass is 285 g/mol. The average molecular weight is 285 g/mol. The van der Waals surface area contributed by atoms with Gasteiger partial charge in [0, 0.05) is 23.4 Å². The number of nitrogens with one attached hydrogen (secondary N) is 1. The Morgan fingerprint density at radius 1 is 1.05 bits per heavy atom. The summed E-state index contributed by atoms with van der Waals surface area (Å²) in [4.78, 5) is 9.33. The number of nitrogens with zero attached hydrogens (tertiary/aromatic N) is 2. The van der Waals surface area contributed by atoms with Crippen molar-refractivity contribution in [3.05, 3.63) is 34.5 Å². The second kappa shape index (κ2) is 6.12. The highest BCUT2D eigenvalue weighted by Gasteiger charge is 2.12. The lowest BCUT2D eigenvalue weighted by Gasteiger charge is -2.13. The van der Waals surface area contributed by atoms with Gasteiger partial charge in [-0.2, -0.15) is 0 Å². The summed E-state index contributed by atoms with van der Waals surface area (Å²) in [5.41, 5.74) is 4.79. The molecule has 0 bridgehead atoms. The molecule has 0 aliphatic carbocycles. The number of aryl methyl sites for hydroxylation is 3. The van der Waals surface area contributed by atoms with Crippen LogP contribution in [0.5, 0.6) is 5.75 Å². The van der Waals surface area contributed by atoms with Gasteiger partial charge in [0.05, 0.1) is 0 Å². The summed E-state index contributed by atoms with van der Waals surface area (Å²) in [6.07, 6.45) is 0.871. The Kier molecular flexibility index (Phi) is 4.46. The van der Waals surface area contributed by atoms with Crippen molar-refractivity contribution in [2.24, 2.45) is 0 Å². The maximum Gasteiger partial charge on any atom is 0.161 e. The summed E-state index contributed by atoms with van der Waals surface area (Å²) in [5, 5.41) is 13.2. The summed E-state index contributed by atoms with van der Waals surface area (Å²) in [6, 6.07) is 3.87. The van der Waals surface area contributed by atoms with E-state index in [0.29, 0.717) is 11.6 Å². The number of rotatable bonds is 4. The molecule has 4 heteroatoms. The molecule has 2 N–H and O–H groups in total. The van der Waals surface area contributed by atoms with Crippen molar-refractivity contribution in [3.63, 3.8) is 0 Å². The van der Waals surface area contributed by atoms with Crippen LogP contribution >= 0.6 is 0 Å². The molecule has 0 spiro atoms. The van der Waals surface area contributed by atoms with Gasteiger partial charge in [-0.1, -0.05) is 6.92 Å². The third kappa shape index (κ3) is 2.99. The molecule has 0 fully saturated rings. The number of benzene rings is 1. The molecule has 0 saturated heterocycles. The van der Waals surface area contributed by atoms with E-state index in [4.69, 9.17) is 0 Å². The molecule has 0 amide bonds. The topological polar surface area (TPSA) is 58.0 Å². The first-order chi connectivity index (χ1) is 9.97. The average Bonchev–Trinajstić information content (AvgIpc) is 2.46. The lowest BCUT2D eigenvalue weighted by molar-refractivity contribution is 0.467. The molecule has 2 aromatic rings. The van der Waals surface area contributed by atoms with E-state index in [2.05, 4.69) is 29.1 Å². The summed E-state index contributed by atoms with van der Waals surface area (Å²) in [6.45, 7) is 10.8. The highest BCUT2D eigenvalue weighted by atomic mass is 16.3. The maximum absolute atomic E-state index is 9.91. The van der Waals surface area contributed by atoms with E-state index in [9.17, 15) is 5.11 Å². The van der Waals surface area contributed by atoms with Crippen LogP contribution in [0, 0.1) is 20.8 Å². The number of anilines is 1. The van der Waals surface area contributed by atoms with Crippen LogP contribution in [-0.2, 0) is 6.42 Å². The van der Waals surface area contributed by atoms with Crippen molar-refractivity contribution in [2.45, 2.75) is 41.0 Å². The van der Waals surface area contributed by atoms with Crippen LogP contribution in [0.15, 0.2) is 12.1 Å². The predicted molar refractivity (Wildman–Crippen MR) is 86.9 cm³/mol. The van der Waals surface area contributed by atoms with Crippen LogP contribution in [0.25, 0.3) is 11.4 Å². The van der Waals surface area contributed by atoms with E-state index >= 15 is 0 Å². The first-order valence-corrected chi connectivity index (χ1v) is 7.39. The fourth-order valence-corrected chi connectivity index (χ4v) is 2.46. The Labute approximate surface area is 126 Å². The van der Waals surface area contributed by atoms with Crippen LogP contribution in [0.4, 0.5) is 5.82 Å². The van der Waals surface area contributed by atoms with Crippen LogP contribution in [0.1, 0.15) is 36.2 Å². The van der Waals surface area contributed by atoms with E-state index in [1.807, 2.05) is 32.9 Å². The normalized spacial score (nSPS) is 10.7. The van der Waals surface area contributed by atoms with Crippen molar-refractivity contribution in [1.29, 1.82) is 0 Å². The van der Waals surface area contributed by atoms with Crippen molar-refractivity contribution in [3.8, 4) is 17.1 Å². The van der Waals surface area contributed by atoms with Crippen molar-refractivity contribution >= 4 is 5.82 Å². The minimum absolute atomic E-state index is 0.341. The van der Waals surface area contributed by atoms with Crippen LogP contribution in [0.3, 0.4) is 0 Å². The van der Waals surface area contributed by atoms with Gasteiger partial charge >= 0.3 is 0 Å². The van der Waals surface area contributed by atoms with Gasteiger partial charge in [-0.15, -0.1) is 0 Å².